The van der Waals surface area contributed by atoms with Gasteiger partial charge in [0.2, 0.25) is 0 Å². The van der Waals surface area contributed by atoms with Gasteiger partial charge in [0.15, 0.2) is 6.16 Å². The fraction of sp³-hybridized carbons (Fsp3) is 0.333. The van der Waals surface area contributed by atoms with E-state index in [9.17, 15) is 17.7 Å². The predicted molar refractivity (Wildman–Crippen MR) is 41.1 cm³/mol. The van der Waals surface area contributed by atoms with Gasteiger partial charge in [-0.2, -0.15) is 13.2 Å². The first-order chi connectivity index (χ1) is 5.83. The van der Waals surface area contributed by atoms with Crippen LogP contribution in [0, 0.1) is 0 Å². The molecular weight excluding hydrogens is 208 g/mol. The van der Waals surface area contributed by atoms with Gasteiger partial charge in [0.05, 0.1) is 12.5 Å². The molecule has 0 rings (SSSR count). The maximum Gasteiger partial charge on any atom is 0.438 e. The van der Waals surface area contributed by atoms with Crippen LogP contribution >= 0.6 is 7.60 Å². The molecule has 0 aromatic rings. The Hall–Kier alpha value is -0.900. The number of rotatable bonds is 5. The summed E-state index contributed by atoms with van der Waals surface area (Å²) in [5, 5.41) is 0. The highest BCUT2D eigenvalue weighted by molar-refractivity contribution is 7.54. The largest absolute Gasteiger partial charge is 0.438 e. The van der Waals surface area contributed by atoms with Gasteiger partial charge in [-0.3, -0.25) is 0 Å². The summed E-state index contributed by atoms with van der Waals surface area (Å²) >= 11 is 0. The van der Waals surface area contributed by atoms with Gasteiger partial charge in [0.1, 0.15) is 0 Å². The smallest absolute Gasteiger partial charge is 0.424 e. The second-order valence-electron chi connectivity index (χ2n) is 1.93. The molecule has 7 heteroatoms. The van der Waals surface area contributed by atoms with E-state index in [1.807, 2.05) is 0 Å². The molecule has 0 aromatic heterocycles. The van der Waals surface area contributed by atoms with Gasteiger partial charge in [-0.15, -0.1) is 0 Å². The molecule has 0 aliphatic carbocycles. The molecule has 0 aromatic carbocycles. The summed E-state index contributed by atoms with van der Waals surface area (Å²) in [6.07, 6.45) is -5.02. The Morgan fingerprint density at radius 3 is 1.85 bits per heavy atom. The highest BCUT2D eigenvalue weighted by Gasteiger charge is 2.42. The Morgan fingerprint density at radius 1 is 1.23 bits per heavy atom. The van der Waals surface area contributed by atoms with Crippen LogP contribution in [-0.2, 0) is 13.6 Å². The Balaban J connectivity index is 4.50. The van der Waals surface area contributed by atoms with Crippen LogP contribution in [0.1, 0.15) is 0 Å². The highest BCUT2D eigenvalue weighted by atomic mass is 31.2. The fourth-order valence-corrected chi connectivity index (χ4v) is 1.64. The van der Waals surface area contributed by atoms with Gasteiger partial charge in [0.25, 0.3) is 0 Å². The third-order valence-corrected chi connectivity index (χ3v) is 2.53. The second-order valence-corrected chi connectivity index (χ2v) is 3.89. The van der Waals surface area contributed by atoms with Crippen LogP contribution < -0.4 is 0 Å². The quantitative estimate of drug-likeness (QED) is 0.523. The Bertz CT molecular complexity index is 222. The maximum atomic E-state index is 11.8. The number of hydrogen-bond acceptors (Lipinski definition) is 3. The third kappa shape index (κ3) is 5.36. The Kier molecular flexibility index (Phi) is 4.07. The van der Waals surface area contributed by atoms with Crippen molar-refractivity contribution in [2.45, 2.75) is 6.18 Å². The topological polar surface area (TPSA) is 35.5 Å². The van der Waals surface area contributed by atoms with Crippen LogP contribution in [0.3, 0.4) is 0 Å². The first kappa shape index (κ1) is 12.1. The third-order valence-electron chi connectivity index (χ3n) is 0.843. The average Bonchev–Trinajstić information content (AvgIpc) is 1.82. The fourth-order valence-electron chi connectivity index (χ4n) is 0.546. The molecule has 0 radical (unpaired) electrons. The van der Waals surface area contributed by atoms with E-state index in [1.165, 1.54) is 0 Å². The maximum absolute atomic E-state index is 11.8. The van der Waals surface area contributed by atoms with Crippen LogP contribution in [0.2, 0.25) is 0 Å². The molecule has 0 bridgehead atoms. The lowest BCUT2D eigenvalue weighted by Gasteiger charge is -2.16. The molecule has 3 nitrogen and oxygen atoms in total. The molecule has 0 saturated heterocycles. The van der Waals surface area contributed by atoms with Crippen LogP contribution in [-0.4, -0.2) is 12.3 Å². The highest BCUT2D eigenvalue weighted by Crippen LogP contribution is 2.52. The minimum atomic E-state index is -4.62. The molecule has 0 heterocycles. The summed E-state index contributed by atoms with van der Waals surface area (Å²) in [7, 11) is -4.20. The predicted octanol–water partition coefficient (Wildman–Crippen LogP) is 3.06. The van der Waals surface area contributed by atoms with Crippen molar-refractivity contribution in [3.05, 3.63) is 25.7 Å². The van der Waals surface area contributed by atoms with Gasteiger partial charge >= 0.3 is 13.8 Å². The van der Waals surface area contributed by atoms with Crippen molar-refractivity contribution in [2.24, 2.45) is 0 Å². The molecule has 0 N–H and O–H groups in total. The Labute approximate surface area is 73.4 Å². The molecule has 13 heavy (non-hydrogen) atoms. The minimum Gasteiger partial charge on any atom is -0.424 e. The standard InChI is InChI=1S/C6H8F3O3P/c1-3-11-13(10,12-4-2)5-6(7,8)9/h3-4H,1-2,5H2. The molecule has 0 amide bonds. The zero-order chi connectivity index (χ0) is 10.5. The van der Waals surface area contributed by atoms with E-state index in [0.717, 1.165) is 0 Å². The lowest BCUT2D eigenvalue weighted by atomic mass is 10.8. The van der Waals surface area contributed by atoms with Crippen LogP contribution in [0.25, 0.3) is 0 Å². The van der Waals surface area contributed by atoms with Crippen molar-refractivity contribution >= 4 is 7.60 Å². The van der Waals surface area contributed by atoms with Crippen molar-refractivity contribution in [2.75, 3.05) is 6.16 Å². The first-order valence-electron chi connectivity index (χ1n) is 3.07. The molecule has 76 valence electrons. The van der Waals surface area contributed by atoms with E-state index >= 15 is 0 Å². The van der Waals surface area contributed by atoms with Gasteiger partial charge in [-0.1, -0.05) is 13.2 Å². The normalized spacial score (nSPS) is 11.9. The van der Waals surface area contributed by atoms with Crippen LogP contribution in [0.5, 0.6) is 0 Å². The van der Waals surface area contributed by atoms with Crippen LogP contribution in [0.4, 0.5) is 13.2 Å². The summed E-state index contributed by atoms with van der Waals surface area (Å²) in [5.41, 5.74) is 0. The molecule has 0 spiro atoms. The van der Waals surface area contributed by atoms with Gasteiger partial charge < -0.3 is 9.05 Å². The number of hydrogen-bond donors (Lipinski definition) is 0. The van der Waals surface area contributed by atoms with Crippen molar-refractivity contribution in [1.29, 1.82) is 0 Å². The summed E-state index contributed by atoms with van der Waals surface area (Å²) in [6.45, 7) is 5.96. The van der Waals surface area contributed by atoms with Gasteiger partial charge in [0, 0.05) is 0 Å². The molecule has 0 fully saturated rings. The molecule has 0 atom stereocenters. The SMILES string of the molecule is C=COP(=O)(CC(F)(F)F)OC=C. The Morgan fingerprint density at radius 2 is 1.62 bits per heavy atom. The molecule has 0 saturated carbocycles. The van der Waals surface area contributed by atoms with Gasteiger partial charge in [-0.05, 0) is 0 Å². The number of halogens is 3. The van der Waals surface area contributed by atoms with E-state index in [0.29, 0.717) is 12.5 Å². The molecule has 0 aliphatic heterocycles. The lowest BCUT2D eigenvalue weighted by molar-refractivity contribution is -0.109. The minimum absolute atomic E-state index is 0.635. The van der Waals surface area contributed by atoms with Crippen molar-refractivity contribution in [3.8, 4) is 0 Å². The molecule has 0 unspecified atom stereocenters. The zero-order valence-electron chi connectivity index (χ0n) is 6.58. The molecule has 0 aliphatic rings. The van der Waals surface area contributed by atoms with Crippen molar-refractivity contribution < 1.29 is 26.8 Å². The van der Waals surface area contributed by atoms with Gasteiger partial charge in [-0.25, -0.2) is 4.57 Å². The van der Waals surface area contributed by atoms with E-state index < -0.39 is 19.9 Å². The monoisotopic (exact) mass is 216 g/mol. The molecular formula is C6H8F3O3P. The summed E-state index contributed by atoms with van der Waals surface area (Å²) in [4.78, 5) is 0. The van der Waals surface area contributed by atoms with Crippen molar-refractivity contribution in [1.82, 2.24) is 0 Å². The van der Waals surface area contributed by atoms with Crippen molar-refractivity contribution in [3.63, 3.8) is 0 Å². The van der Waals surface area contributed by atoms with E-state index in [2.05, 4.69) is 22.2 Å². The summed E-state index contributed by atoms with van der Waals surface area (Å²) in [6, 6.07) is 0. The second kappa shape index (κ2) is 4.37. The summed E-state index contributed by atoms with van der Waals surface area (Å²) in [5.74, 6) is 0. The van der Waals surface area contributed by atoms with E-state index in [1.54, 1.807) is 0 Å². The number of alkyl halides is 3. The van der Waals surface area contributed by atoms with Crippen LogP contribution in [0.15, 0.2) is 25.7 Å². The lowest BCUT2D eigenvalue weighted by Crippen LogP contribution is -2.15. The first-order valence-corrected chi connectivity index (χ1v) is 4.80. The van der Waals surface area contributed by atoms with E-state index in [-0.39, 0.29) is 0 Å². The van der Waals surface area contributed by atoms with E-state index in [4.69, 9.17) is 0 Å². The summed E-state index contributed by atoms with van der Waals surface area (Å²) < 4.78 is 54.8. The zero-order valence-corrected chi connectivity index (χ0v) is 7.48. The average molecular weight is 216 g/mol.